The van der Waals surface area contributed by atoms with E-state index in [1.54, 1.807) is 0 Å². The Labute approximate surface area is 158 Å². The van der Waals surface area contributed by atoms with Crippen molar-refractivity contribution in [2.75, 3.05) is 0 Å². The normalized spacial score (nSPS) is 10.7. The second-order valence-corrected chi connectivity index (χ2v) is 11.6. The van der Waals surface area contributed by atoms with E-state index < -0.39 is 8.07 Å². The molecule has 0 atom stereocenters. The Morgan fingerprint density at radius 2 is 1.42 bits per heavy atom. The number of rotatable bonds is 4. The van der Waals surface area contributed by atoms with Gasteiger partial charge in [0.25, 0.3) is 0 Å². The van der Waals surface area contributed by atoms with Gasteiger partial charge in [0.15, 0.2) is 5.78 Å². The summed E-state index contributed by atoms with van der Waals surface area (Å²) in [5.41, 5.74) is 10.0. The van der Waals surface area contributed by atoms with Crippen LogP contribution in [0.2, 0.25) is 11.1 Å². The van der Waals surface area contributed by atoms with Crippen LogP contribution in [0.5, 0.6) is 0 Å². The van der Waals surface area contributed by atoms with Gasteiger partial charge in [-0.15, -0.1) is 17.0 Å². The summed E-state index contributed by atoms with van der Waals surface area (Å²) in [6.07, 6.45) is 0. The highest BCUT2D eigenvalue weighted by molar-refractivity contribution is 6.96. The minimum Gasteiger partial charge on any atom is -0.289 e. The zero-order valence-electron chi connectivity index (χ0n) is 16.3. The zero-order chi connectivity index (χ0) is 19.2. The van der Waals surface area contributed by atoms with E-state index in [4.69, 9.17) is 0 Å². The first-order valence-corrected chi connectivity index (χ1v) is 11.2. The average Bonchev–Trinajstić information content (AvgIpc) is 2.65. The highest BCUT2D eigenvalue weighted by Crippen LogP contribution is 2.31. The fourth-order valence-corrected chi connectivity index (χ4v) is 6.49. The van der Waals surface area contributed by atoms with Crippen LogP contribution in [0.1, 0.15) is 56.1 Å². The smallest absolute Gasteiger partial charge is 0.222 e. The Morgan fingerprint density at radius 3 is 2.00 bits per heavy atom. The summed E-state index contributed by atoms with van der Waals surface area (Å²) in [6.45, 7) is 10.7. The molecule has 0 fully saturated rings. The molecule has 2 aromatic rings. The lowest BCUT2D eigenvalue weighted by molar-refractivity contribution is 0.103. The van der Waals surface area contributed by atoms with Gasteiger partial charge in [0, 0.05) is 16.7 Å². The summed E-state index contributed by atoms with van der Waals surface area (Å²) in [4.78, 5) is 12.9. The Balaban J connectivity index is 2.53. The molecule has 0 aromatic heterocycles. The van der Waals surface area contributed by atoms with Crippen LogP contribution in [0.15, 0.2) is 54.6 Å². The third-order valence-electron chi connectivity index (χ3n) is 4.76. The number of carbonyl (C=O) groups is 1. The van der Waals surface area contributed by atoms with Gasteiger partial charge in [0.2, 0.25) is 8.07 Å². The van der Waals surface area contributed by atoms with E-state index in [-0.39, 0.29) is 5.78 Å². The van der Waals surface area contributed by atoms with E-state index in [0.717, 1.165) is 5.56 Å². The van der Waals surface area contributed by atoms with Crippen molar-refractivity contribution in [1.82, 2.24) is 0 Å². The Bertz CT molecular complexity index is 878. The van der Waals surface area contributed by atoms with E-state index in [1.807, 2.05) is 61.5 Å². The zero-order valence-corrected chi connectivity index (χ0v) is 17.3. The molecule has 26 heavy (non-hydrogen) atoms. The molecule has 0 bridgehead atoms. The van der Waals surface area contributed by atoms with Crippen molar-refractivity contribution >= 4 is 13.9 Å². The molecule has 2 rings (SSSR count). The van der Waals surface area contributed by atoms with Crippen LogP contribution < -0.4 is 0 Å². The Hall–Kier alpha value is -2.55. The number of hydrogen-bond acceptors (Lipinski definition) is 1. The topological polar surface area (TPSA) is 17.1 Å². The summed E-state index contributed by atoms with van der Waals surface area (Å²) in [6, 6.07) is 17.0. The summed E-state index contributed by atoms with van der Waals surface area (Å²) in [7, 11) is -2.10. The molecule has 0 saturated carbocycles. The molecule has 0 N–H and O–H groups in total. The van der Waals surface area contributed by atoms with Crippen LogP contribution in [-0.2, 0) is 0 Å². The molecular weight excluding hydrogens is 332 g/mol. The summed E-state index contributed by atoms with van der Waals surface area (Å²) >= 11 is 0. The molecule has 0 spiro atoms. The molecule has 1 nitrogen and oxygen atoms in total. The number of ketones is 1. The maximum Gasteiger partial charge on any atom is 0.222 e. The maximum absolute atomic E-state index is 12.9. The number of carbonyl (C=O) groups excluding carboxylic acids is 1. The van der Waals surface area contributed by atoms with Gasteiger partial charge in [-0.25, -0.2) is 0 Å². The second kappa shape index (κ2) is 8.70. The molecule has 2 aromatic carbocycles. The van der Waals surface area contributed by atoms with Crippen molar-refractivity contribution in [2.24, 2.45) is 0 Å². The molecule has 132 valence electrons. The highest BCUT2D eigenvalue weighted by atomic mass is 28.3. The van der Waals surface area contributed by atoms with Gasteiger partial charge in [0.1, 0.15) is 0 Å². The second-order valence-electron chi connectivity index (χ2n) is 7.04. The van der Waals surface area contributed by atoms with Gasteiger partial charge in [-0.1, -0.05) is 76.1 Å². The van der Waals surface area contributed by atoms with E-state index in [9.17, 15) is 4.79 Å². The van der Waals surface area contributed by atoms with Crippen LogP contribution in [0.3, 0.4) is 0 Å². The first-order chi connectivity index (χ1) is 12.4. The molecular formula is C24H26OSi. The van der Waals surface area contributed by atoms with Crippen molar-refractivity contribution in [3.8, 4) is 22.9 Å². The third kappa shape index (κ3) is 4.16. The molecule has 0 aliphatic carbocycles. The van der Waals surface area contributed by atoms with Gasteiger partial charge < -0.3 is 0 Å². The first kappa shape index (κ1) is 19.8. The lowest BCUT2D eigenvalue weighted by Crippen LogP contribution is -2.39. The summed E-state index contributed by atoms with van der Waals surface area (Å²) in [5.74, 6) is 6.47. The highest BCUT2D eigenvalue weighted by Gasteiger charge is 2.37. The average molecular weight is 359 g/mol. The van der Waals surface area contributed by atoms with Crippen molar-refractivity contribution in [2.45, 2.75) is 45.7 Å². The van der Waals surface area contributed by atoms with Gasteiger partial charge in [-0.05, 0) is 30.1 Å². The maximum atomic E-state index is 12.9. The molecule has 0 aliphatic rings. The first-order valence-electron chi connectivity index (χ1n) is 9.08. The predicted molar refractivity (Wildman–Crippen MR) is 113 cm³/mol. The van der Waals surface area contributed by atoms with Gasteiger partial charge >= 0.3 is 0 Å². The Kier molecular flexibility index (Phi) is 6.62. The minimum absolute atomic E-state index is 0.0124. The monoisotopic (exact) mass is 358 g/mol. The van der Waals surface area contributed by atoms with Crippen LogP contribution >= 0.6 is 0 Å². The molecule has 2 heteroatoms. The van der Waals surface area contributed by atoms with Crippen LogP contribution in [0.4, 0.5) is 0 Å². The van der Waals surface area contributed by atoms with E-state index >= 15 is 0 Å². The third-order valence-corrected chi connectivity index (χ3v) is 9.61. The number of benzene rings is 2. The van der Waals surface area contributed by atoms with E-state index in [1.165, 1.54) is 0 Å². The fourth-order valence-electron chi connectivity index (χ4n) is 3.19. The van der Waals surface area contributed by atoms with Gasteiger partial charge in [-0.3, -0.25) is 4.79 Å². The molecule has 0 unspecified atom stereocenters. The quantitative estimate of drug-likeness (QED) is 0.393. The van der Waals surface area contributed by atoms with Crippen molar-refractivity contribution in [3.63, 3.8) is 0 Å². The lowest BCUT2D eigenvalue weighted by atomic mass is 9.99. The van der Waals surface area contributed by atoms with Crippen molar-refractivity contribution in [1.29, 1.82) is 0 Å². The number of hydrogen-bond donors (Lipinski definition) is 0. The van der Waals surface area contributed by atoms with E-state index in [0.29, 0.717) is 22.2 Å². The molecule has 0 radical (unpaired) electrons. The van der Waals surface area contributed by atoms with E-state index in [2.05, 4.69) is 50.6 Å². The summed E-state index contributed by atoms with van der Waals surface area (Å²) < 4.78 is 0. The fraction of sp³-hybridized carbons (Fsp3) is 0.292. The molecule has 0 aliphatic heterocycles. The molecule has 0 amide bonds. The van der Waals surface area contributed by atoms with Crippen molar-refractivity contribution < 1.29 is 4.79 Å². The lowest BCUT2D eigenvalue weighted by Gasteiger charge is -2.28. The predicted octanol–water partition coefficient (Wildman–Crippen LogP) is 5.64. The van der Waals surface area contributed by atoms with Gasteiger partial charge in [-0.2, -0.15) is 0 Å². The van der Waals surface area contributed by atoms with Crippen LogP contribution in [0.25, 0.3) is 0 Å². The van der Waals surface area contributed by atoms with Crippen molar-refractivity contribution in [3.05, 3.63) is 71.3 Å². The standard InChI is InChI=1S/C24H26OSi/c1-6-17-26(19(2)3,20(4)5)18-16-21-12-10-11-15-23(21)24(25)22-13-8-7-9-14-22/h7-15,19-20H,1-5H3. The summed E-state index contributed by atoms with van der Waals surface area (Å²) in [5, 5.41) is 0. The largest absolute Gasteiger partial charge is 0.289 e. The molecule has 0 heterocycles. The van der Waals surface area contributed by atoms with Crippen LogP contribution in [-0.4, -0.2) is 13.9 Å². The van der Waals surface area contributed by atoms with Crippen LogP contribution in [0, 0.1) is 22.9 Å². The SMILES string of the molecule is CC#C[Si](C#Cc1ccccc1C(=O)c1ccccc1)(C(C)C)C(C)C. The minimum atomic E-state index is -2.10. The van der Waals surface area contributed by atoms with Gasteiger partial charge in [0.05, 0.1) is 0 Å². The molecule has 0 saturated heterocycles. The Morgan fingerprint density at radius 1 is 0.846 bits per heavy atom.